The van der Waals surface area contributed by atoms with Gasteiger partial charge in [-0.3, -0.25) is 19.4 Å². The molecule has 2 fully saturated rings. The molecule has 0 aliphatic carbocycles. The smallest absolute Gasteiger partial charge is 0.243 e. The van der Waals surface area contributed by atoms with Crippen LogP contribution in [-0.4, -0.2) is 98.7 Å². The molecule has 0 aromatic heterocycles. The lowest BCUT2D eigenvalue weighted by atomic mass is 9.95. The number of amides is 2. The van der Waals surface area contributed by atoms with Crippen LogP contribution < -0.4 is 10.1 Å². The van der Waals surface area contributed by atoms with E-state index < -0.39 is 0 Å². The zero-order chi connectivity index (χ0) is 23.1. The molecule has 1 aromatic rings. The Balaban J connectivity index is 1.37. The minimum Gasteiger partial charge on any atom is -0.497 e. The molecule has 3 rings (SSSR count). The van der Waals surface area contributed by atoms with Gasteiger partial charge < -0.3 is 19.7 Å². The zero-order valence-electron chi connectivity index (χ0n) is 19.9. The van der Waals surface area contributed by atoms with E-state index >= 15 is 0 Å². The summed E-state index contributed by atoms with van der Waals surface area (Å²) in [7, 11) is 3.26. The molecular weight excluding hydrogens is 408 g/mol. The van der Waals surface area contributed by atoms with Crippen molar-refractivity contribution in [1.29, 1.82) is 0 Å². The first-order chi connectivity index (χ1) is 15.3. The van der Waals surface area contributed by atoms with E-state index in [0.29, 0.717) is 36.1 Å². The van der Waals surface area contributed by atoms with E-state index in [1.54, 1.807) is 26.3 Å². The number of carbonyl (C=O) groups is 2. The Morgan fingerprint density at radius 1 is 1.16 bits per heavy atom. The highest BCUT2D eigenvalue weighted by atomic mass is 16.5. The molecule has 32 heavy (non-hydrogen) atoms. The summed E-state index contributed by atoms with van der Waals surface area (Å²) in [6.45, 7) is 9.66. The number of methoxy groups -OCH3 is 1. The molecule has 2 atom stereocenters. The fraction of sp³-hybridized carbons (Fsp3) is 0.667. The predicted octanol–water partition coefficient (Wildman–Crippen LogP) is 1.91. The third-order valence-corrected chi connectivity index (χ3v) is 6.24. The van der Waals surface area contributed by atoms with Gasteiger partial charge in [-0.2, -0.15) is 0 Å². The molecule has 2 aliphatic heterocycles. The molecule has 0 bridgehead atoms. The van der Waals surface area contributed by atoms with Gasteiger partial charge in [-0.05, 0) is 57.8 Å². The summed E-state index contributed by atoms with van der Waals surface area (Å²) in [6.07, 6.45) is 2.81. The van der Waals surface area contributed by atoms with Crippen molar-refractivity contribution in [2.45, 2.75) is 38.9 Å². The van der Waals surface area contributed by atoms with Crippen molar-refractivity contribution in [3.63, 3.8) is 0 Å². The monoisotopic (exact) mass is 446 g/mol. The first kappa shape index (κ1) is 24.5. The predicted molar refractivity (Wildman–Crippen MR) is 125 cm³/mol. The van der Waals surface area contributed by atoms with E-state index in [2.05, 4.69) is 29.0 Å². The summed E-state index contributed by atoms with van der Waals surface area (Å²) in [5.74, 6) is 1.10. The van der Waals surface area contributed by atoms with E-state index in [1.165, 1.54) is 4.90 Å². The highest BCUT2D eigenvalue weighted by Crippen LogP contribution is 2.21. The summed E-state index contributed by atoms with van der Waals surface area (Å²) >= 11 is 0. The van der Waals surface area contributed by atoms with Gasteiger partial charge in [0.05, 0.1) is 32.4 Å². The van der Waals surface area contributed by atoms with Gasteiger partial charge in [-0.15, -0.1) is 0 Å². The summed E-state index contributed by atoms with van der Waals surface area (Å²) in [6, 6.07) is 7.18. The number of morpholine rings is 1. The second-order valence-corrected chi connectivity index (χ2v) is 9.23. The topological polar surface area (TPSA) is 74.4 Å². The molecule has 0 spiro atoms. The van der Waals surface area contributed by atoms with Crippen molar-refractivity contribution in [1.82, 2.24) is 14.7 Å². The lowest BCUT2D eigenvalue weighted by Crippen LogP contribution is -2.49. The van der Waals surface area contributed by atoms with Crippen LogP contribution in [0.1, 0.15) is 26.7 Å². The van der Waals surface area contributed by atoms with E-state index in [0.717, 1.165) is 45.6 Å². The zero-order valence-corrected chi connectivity index (χ0v) is 19.9. The molecular formula is C24H38N4O4. The van der Waals surface area contributed by atoms with Gasteiger partial charge in [-0.25, -0.2) is 0 Å². The van der Waals surface area contributed by atoms with Crippen LogP contribution in [0, 0.1) is 5.92 Å². The van der Waals surface area contributed by atoms with Gasteiger partial charge in [0, 0.05) is 38.4 Å². The minimum absolute atomic E-state index is 0.0277. The van der Waals surface area contributed by atoms with Crippen LogP contribution in [0.15, 0.2) is 24.3 Å². The average molecular weight is 447 g/mol. The highest BCUT2D eigenvalue weighted by molar-refractivity contribution is 5.94. The first-order valence-electron chi connectivity index (χ1n) is 11.6. The first-order valence-corrected chi connectivity index (χ1v) is 11.6. The number of ether oxygens (including phenoxy) is 2. The summed E-state index contributed by atoms with van der Waals surface area (Å²) < 4.78 is 11.0. The number of piperidine rings is 1. The molecule has 2 saturated heterocycles. The van der Waals surface area contributed by atoms with E-state index in [4.69, 9.17) is 9.47 Å². The third-order valence-electron chi connectivity index (χ3n) is 6.24. The van der Waals surface area contributed by atoms with Gasteiger partial charge in [-0.1, -0.05) is 6.07 Å². The number of hydrogen-bond acceptors (Lipinski definition) is 6. The molecule has 1 N–H and O–H groups in total. The van der Waals surface area contributed by atoms with Gasteiger partial charge in [0.15, 0.2) is 0 Å². The Labute approximate surface area is 191 Å². The molecule has 2 aliphatic rings. The Kier molecular flexibility index (Phi) is 8.90. The largest absolute Gasteiger partial charge is 0.497 e. The molecule has 8 nitrogen and oxygen atoms in total. The van der Waals surface area contributed by atoms with Gasteiger partial charge in [0.25, 0.3) is 0 Å². The number of nitrogens with one attached hydrogen (secondary N) is 1. The maximum Gasteiger partial charge on any atom is 0.243 e. The van der Waals surface area contributed by atoms with Gasteiger partial charge in [0.2, 0.25) is 11.8 Å². The van der Waals surface area contributed by atoms with Crippen molar-refractivity contribution in [2.75, 3.05) is 65.3 Å². The Bertz CT molecular complexity index is 756. The minimum atomic E-state index is -0.221. The SMILES string of the molecule is COc1cccc(NC(=O)CN(C)C(=O)CN2CCC(CN3CC(C)OC(C)C3)CC2)c1. The van der Waals surface area contributed by atoms with Crippen molar-refractivity contribution in [3.05, 3.63) is 24.3 Å². The average Bonchev–Trinajstić information content (AvgIpc) is 2.74. The number of anilines is 1. The van der Waals surface area contributed by atoms with E-state index in [-0.39, 0.29) is 18.4 Å². The van der Waals surface area contributed by atoms with Gasteiger partial charge >= 0.3 is 0 Å². The fourth-order valence-electron chi connectivity index (χ4n) is 4.64. The standard InChI is InChI=1S/C24H38N4O4/c1-18-13-28(14-19(2)32-18)15-20-8-10-27(11-9-20)17-24(30)26(3)16-23(29)25-21-6-5-7-22(12-21)31-4/h5-7,12,18-20H,8-11,13-17H2,1-4H3,(H,25,29). The van der Waals surface area contributed by atoms with E-state index in [9.17, 15) is 9.59 Å². The molecule has 0 saturated carbocycles. The number of likely N-dealkylation sites (tertiary alicyclic amines) is 1. The van der Waals surface area contributed by atoms with Crippen LogP contribution in [0.3, 0.4) is 0 Å². The molecule has 8 heteroatoms. The second-order valence-electron chi connectivity index (χ2n) is 9.23. The normalized spacial score (nSPS) is 23.0. The summed E-state index contributed by atoms with van der Waals surface area (Å²) in [4.78, 5) is 31.2. The molecule has 2 unspecified atom stereocenters. The van der Waals surface area contributed by atoms with Crippen LogP contribution in [0.5, 0.6) is 5.75 Å². The lowest BCUT2D eigenvalue weighted by Gasteiger charge is -2.39. The number of hydrogen-bond donors (Lipinski definition) is 1. The Hall–Kier alpha value is -2.16. The Morgan fingerprint density at radius 2 is 1.84 bits per heavy atom. The fourth-order valence-corrected chi connectivity index (χ4v) is 4.64. The highest BCUT2D eigenvalue weighted by Gasteiger charge is 2.27. The number of carbonyl (C=O) groups excluding carboxylic acids is 2. The van der Waals surface area contributed by atoms with Crippen molar-refractivity contribution in [2.24, 2.45) is 5.92 Å². The van der Waals surface area contributed by atoms with E-state index in [1.807, 2.05) is 12.1 Å². The third kappa shape index (κ3) is 7.46. The second kappa shape index (κ2) is 11.6. The molecule has 2 amide bonds. The molecule has 2 heterocycles. The maximum atomic E-state index is 12.6. The number of nitrogens with zero attached hydrogens (tertiary/aromatic N) is 3. The number of benzene rings is 1. The quantitative estimate of drug-likeness (QED) is 0.658. The van der Waals surface area contributed by atoms with Crippen LogP contribution in [-0.2, 0) is 14.3 Å². The van der Waals surface area contributed by atoms with Crippen molar-refractivity contribution < 1.29 is 19.1 Å². The number of likely N-dealkylation sites (N-methyl/N-ethyl adjacent to an activating group) is 1. The van der Waals surface area contributed by atoms with Gasteiger partial charge in [0.1, 0.15) is 5.75 Å². The van der Waals surface area contributed by atoms with Crippen LogP contribution in [0.4, 0.5) is 5.69 Å². The maximum absolute atomic E-state index is 12.6. The van der Waals surface area contributed by atoms with Crippen LogP contribution in [0.25, 0.3) is 0 Å². The molecule has 0 radical (unpaired) electrons. The van der Waals surface area contributed by atoms with Crippen LogP contribution in [0.2, 0.25) is 0 Å². The van der Waals surface area contributed by atoms with Crippen LogP contribution >= 0.6 is 0 Å². The van der Waals surface area contributed by atoms with Crippen molar-refractivity contribution in [3.8, 4) is 5.75 Å². The van der Waals surface area contributed by atoms with Crippen molar-refractivity contribution >= 4 is 17.5 Å². The summed E-state index contributed by atoms with van der Waals surface area (Å²) in [5.41, 5.74) is 0.654. The lowest BCUT2D eigenvalue weighted by molar-refractivity contribution is -0.134. The molecule has 178 valence electrons. The summed E-state index contributed by atoms with van der Waals surface area (Å²) in [5, 5.41) is 2.82. The number of rotatable bonds is 8. The Morgan fingerprint density at radius 3 is 2.50 bits per heavy atom. The molecule has 1 aromatic carbocycles.